The number of anilines is 1. The molecule has 0 aliphatic carbocycles. The summed E-state index contributed by atoms with van der Waals surface area (Å²) in [5, 5.41) is 10.8. The van der Waals surface area contributed by atoms with Crippen molar-refractivity contribution in [3.63, 3.8) is 0 Å². The zero-order chi connectivity index (χ0) is 14.9. The van der Waals surface area contributed by atoms with Gasteiger partial charge in [0.05, 0.1) is 24.3 Å². The van der Waals surface area contributed by atoms with Gasteiger partial charge in [0.15, 0.2) is 11.5 Å². The van der Waals surface area contributed by atoms with Crippen molar-refractivity contribution in [3.8, 4) is 11.3 Å². The van der Waals surface area contributed by atoms with Crippen LogP contribution in [0.1, 0.15) is 6.42 Å². The molecule has 0 bridgehead atoms. The molecule has 1 atom stereocenters. The molecule has 114 valence electrons. The molecule has 0 radical (unpaired) electrons. The molecule has 4 rings (SSSR count). The van der Waals surface area contributed by atoms with E-state index in [0.717, 1.165) is 42.4 Å². The molecule has 1 fully saturated rings. The third-order valence-electron chi connectivity index (χ3n) is 4.05. The lowest BCUT2D eigenvalue weighted by molar-refractivity contribution is 0.614. The van der Waals surface area contributed by atoms with Crippen molar-refractivity contribution in [1.29, 1.82) is 0 Å². The van der Waals surface area contributed by atoms with E-state index >= 15 is 0 Å². The number of rotatable bonds is 4. The number of nitrogen functional groups attached to an aromatic ring is 1. The number of aromatic nitrogens is 5. The Balaban J connectivity index is 1.64. The predicted octanol–water partition coefficient (Wildman–Crippen LogP) is 0.328. The van der Waals surface area contributed by atoms with Crippen molar-refractivity contribution in [2.75, 3.05) is 30.8 Å². The lowest BCUT2D eigenvalue weighted by Gasteiger charge is -2.11. The highest BCUT2D eigenvalue weighted by Crippen LogP contribution is 2.23. The van der Waals surface area contributed by atoms with Crippen molar-refractivity contribution in [2.45, 2.75) is 6.42 Å². The quantitative estimate of drug-likeness (QED) is 0.600. The van der Waals surface area contributed by atoms with Crippen molar-refractivity contribution in [3.05, 3.63) is 31.0 Å². The average molecular weight is 298 g/mol. The van der Waals surface area contributed by atoms with Crippen LogP contribution in [0.3, 0.4) is 0 Å². The van der Waals surface area contributed by atoms with Gasteiger partial charge < -0.3 is 16.5 Å². The summed E-state index contributed by atoms with van der Waals surface area (Å²) in [6, 6.07) is 0. The summed E-state index contributed by atoms with van der Waals surface area (Å²) in [4.78, 5) is 10.2. The minimum absolute atomic E-state index is 0.645. The normalized spacial score (nSPS) is 18.1. The van der Waals surface area contributed by atoms with E-state index in [1.807, 2.05) is 16.8 Å². The Hall–Kier alpha value is -2.61. The number of hydrogen-bond acceptors (Lipinski definition) is 6. The van der Waals surface area contributed by atoms with E-state index < -0.39 is 0 Å². The first-order valence-corrected chi connectivity index (χ1v) is 7.38. The van der Waals surface area contributed by atoms with Gasteiger partial charge >= 0.3 is 0 Å². The van der Waals surface area contributed by atoms with Gasteiger partial charge in [0, 0.05) is 24.5 Å². The van der Waals surface area contributed by atoms with Gasteiger partial charge in [0.2, 0.25) is 0 Å². The van der Waals surface area contributed by atoms with Crippen molar-refractivity contribution >= 4 is 11.5 Å². The summed E-state index contributed by atoms with van der Waals surface area (Å²) >= 11 is 0. The molecular weight excluding hydrogens is 280 g/mol. The number of fused-ring (bicyclic) bond motifs is 1. The maximum Gasteiger partial charge on any atom is 0.180 e. The van der Waals surface area contributed by atoms with Crippen LogP contribution in [0, 0.1) is 5.92 Å². The highest BCUT2D eigenvalue weighted by molar-refractivity contribution is 5.69. The summed E-state index contributed by atoms with van der Waals surface area (Å²) in [6.45, 7) is 3.06. The number of nitrogens with zero attached hydrogens (tertiary/aromatic N) is 5. The van der Waals surface area contributed by atoms with Crippen LogP contribution in [0.25, 0.3) is 16.9 Å². The molecule has 1 unspecified atom stereocenters. The first-order chi connectivity index (χ1) is 10.8. The molecule has 8 nitrogen and oxygen atoms in total. The van der Waals surface area contributed by atoms with Gasteiger partial charge in [-0.25, -0.2) is 9.97 Å². The molecular formula is C14H18N8. The minimum atomic E-state index is 0.645. The van der Waals surface area contributed by atoms with Crippen molar-refractivity contribution < 1.29 is 0 Å². The molecule has 0 amide bonds. The summed E-state index contributed by atoms with van der Waals surface area (Å²) in [6.07, 6.45) is 10.2. The summed E-state index contributed by atoms with van der Waals surface area (Å²) in [5.74, 6) is 7.07. The lowest BCUT2D eigenvalue weighted by Crippen LogP contribution is -2.18. The molecule has 3 aromatic heterocycles. The van der Waals surface area contributed by atoms with Crippen LogP contribution in [-0.4, -0.2) is 43.9 Å². The fourth-order valence-corrected chi connectivity index (χ4v) is 2.86. The van der Waals surface area contributed by atoms with Crippen LogP contribution in [0.4, 0.5) is 5.82 Å². The molecule has 1 saturated heterocycles. The van der Waals surface area contributed by atoms with Gasteiger partial charge in [-0.2, -0.15) is 9.89 Å². The van der Waals surface area contributed by atoms with E-state index in [1.165, 1.54) is 11.2 Å². The number of imidazole rings is 1. The first kappa shape index (κ1) is 13.1. The standard InChI is InChI=1S/C14H18N8/c15-22-9-11(7-20-22)12-8-19-14-13(17-3-4-21(12)14)18-6-10-1-2-16-5-10/h3-4,7-10,16H,1-2,5-6,15H2,(H,17,18). The van der Waals surface area contributed by atoms with Crippen LogP contribution in [0.5, 0.6) is 0 Å². The Labute approximate surface area is 127 Å². The Morgan fingerprint density at radius 1 is 1.36 bits per heavy atom. The molecule has 4 heterocycles. The highest BCUT2D eigenvalue weighted by Gasteiger charge is 2.16. The Morgan fingerprint density at radius 2 is 2.32 bits per heavy atom. The van der Waals surface area contributed by atoms with Crippen LogP contribution >= 0.6 is 0 Å². The highest BCUT2D eigenvalue weighted by atomic mass is 15.5. The molecule has 0 spiro atoms. The van der Waals surface area contributed by atoms with Crippen LogP contribution < -0.4 is 16.5 Å². The van der Waals surface area contributed by atoms with Crippen LogP contribution in [0.2, 0.25) is 0 Å². The Kier molecular flexibility index (Phi) is 3.15. The van der Waals surface area contributed by atoms with Gasteiger partial charge in [-0.3, -0.25) is 4.40 Å². The van der Waals surface area contributed by atoms with Crippen LogP contribution in [-0.2, 0) is 0 Å². The maximum absolute atomic E-state index is 5.62. The Morgan fingerprint density at radius 3 is 3.09 bits per heavy atom. The smallest absolute Gasteiger partial charge is 0.180 e. The van der Waals surface area contributed by atoms with E-state index in [-0.39, 0.29) is 0 Å². The van der Waals surface area contributed by atoms with Gasteiger partial charge in [-0.1, -0.05) is 0 Å². The van der Waals surface area contributed by atoms with E-state index in [0.29, 0.717) is 5.92 Å². The number of hydrogen-bond donors (Lipinski definition) is 3. The van der Waals surface area contributed by atoms with Crippen molar-refractivity contribution in [1.82, 2.24) is 29.6 Å². The third-order valence-corrected chi connectivity index (χ3v) is 4.05. The Bertz CT molecular complexity index is 783. The van der Waals surface area contributed by atoms with E-state index in [1.54, 1.807) is 18.6 Å². The zero-order valence-corrected chi connectivity index (χ0v) is 12.1. The molecule has 4 N–H and O–H groups in total. The van der Waals surface area contributed by atoms with E-state index in [4.69, 9.17) is 5.84 Å². The monoisotopic (exact) mass is 298 g/mol. The van der Waals surface area contributed by atoms with Crippen molar-refractivity contribution in [2.24, 2.45) is 5.92 Å². The molecule has 8 heteroatoms. The molecule has 22 heavy (non-hydrogen) atoms. The summed E-state index contributed by atoms with van der Waals surface area (Å²) in [7, 11) is 0. The molecule has 0 saturated carbocycles. The van der Waals surface area contributed by atoms with Gasteiger partial charge in [-0.15, -0.1) is 0 Å². The first-order valence-electron chi connectivity index (χ1n) is 7.38. The average Bonchev–Trinajstić information content (AvgIpc) is 3.25. The van der Waals surface area contributed by atoms with E-state index in [9.17, 15) is 0 Å². The fraction of sp³-hybridized carbons (Fsp3) is 0.357. The second-order valence-electron chi connectivity index (χ2n) is 5.56. The van der Waals surface area contributed by atoms with Gasteiger partial charge in [0.25, 0.3) is 0 Å². The SMILES string of the molecule is Nn1cc(-c2cnc3c(NCC4CCNC4)nccn23)cn1. The summed E-state index contributed by atoms with van der Waals surface area (Å²) in [5.41, 5.74) is 2.68. The minimum Gasteiger partial charge on any atom is -0.367 e. The van der Waals surface area contributed by atoms with Crippen LogP contribution in [0.15, 0.2) is 31.0 Å². The second-order valence-corrected chi connectivity index (χ2v) is 5.56. The molecule has 1 aliphatic heterocycles. The topological polar surface area (TPSA) is 98.1 Å². The zero-order valence-electron chi connectivity index (χ0n) is 12.1. The maximum atomic E-state index is 5.62. The summed E-state index contributed by atoms with van der Waals surface area (Å²) < 4.78 is 2.00. The van der Waals surface area contributed by atoms with Gasteiger partial charge in [0.1, 0.15) is 0 Å². The number of nitrogens with two attached hydrogens (primary N) is 1. The van der Waals surface area contributed by atoms with Gasteiger partial charge in [-0.05, 0) is 25.4 Å². The fourth-order valence-electron chi connectivity index (χ4n) is 2.86. The molecule has 3 aromatic rings. The number of nitrogens with one attached hydrogen (secondary N) is 2. The largest absolute Gasteiger partial charge is 0.367 e. The molecule has 0 aromatic carbocycles. The molecule has 1 aliphatic rings. The third kappa shape index (κ3) is 2.27. The van der Waals surface area contributed by atoms with E-state index in [2.05, 4.69) is 25.7 Å². The predicted molar refractivity (Wildman–Crippen MR) is 83.8 cm³/mol. The second kappa shape index (κ2) is 5.30. The lowest BCUT2D eigenvalue weighted by atomic mass is 10.1.